The molecule has 9 aromatic carbocycles. The number of benzene rings is 9. The fourth-order valence-electron chi connectivity index (χ4n) is 10.6. The molecule has 70 heavy (non-hydrogen) atoms. The van der Waals surface area contributed by atoms with Gasteiger partial charge in [-0.15, -0.1) is 16.4 Å². The summed E-state index contributed by atoms with van der Waals surface area (Å²) in [4.78, 5) is 1.96. The number of nitrogens with zero attached hydrogens (tertiary/aromatic N) is 1. The van der Waals surface area contributed by atoms with E-state index in [1.165, 1.54) is 11.1 Å². The molecule has 26 radical (unpaired) electrons. The van der Waals surface area contributed by atoms with Gasteiger partial charge in [0.15, 0.2) is 0 Å². The molecular formula is C55H26B13NO. The maximum absolute atomic E-state index is 7.22. The monoisotopic (exact) mass is 859 g/mol. The lowest BCUT2D eigenvalue weighted by Gasteiger charge is -2.35. The first kappa shape index (κ1) is 46.1. The molecule has 1 aliphatic rings. The molecule has 0 amide bonds. The van der Waals surface area contributed by atoms with Crippen LogP contribution in [0.3, 0.4) is 0 Å². The summed E-state index contributed by atoms with van der Waals surface area (Å²) in [6.07, 6.45) is 0. The van der Waals surface area contributed by atoms with Gasteiger partial charge in [-0.25, -0.2) is 0 Å². The topological polar surface area (TPSA) is 16.4 Å². The largest absolute Gasteiger partial charge is 0.455 e. The number of anilines is 3. The first-order chi connectivity index (χ1) is 33.4. The standard InChI is InChI=1S/C55H26B13NO/c1-55(2)32-12-6-5-10-29(32)30-21-19-26(22-33(30)55)69(25-17-14-24(15-18-25)27-11-7-13-34-35(27)31-20-16-23-8-3-4-9-28(23)54(31)70-34)53-51(67)46(62)39(47(63)52(53)68)37-42(58)40(56)36(41(57)43(37)59)38-44(60)48(64)50(66)49(65)45(38)61/h3-22H,1-2H3. The minimum atomic E-state index is -0.339. The molecule has 0 aliphatic heterocycles. The van der Waals surface area contributed by atoms with Crippen molar-refractivity contribution in [2.45, 2.75) is 19.3 Å². The van der Waals surface area contributed by atoms with Gasteiger partial charge in [-0.1, -0.05) is 153 Å². The number of rotatable bonds is 6. The summed E-state index contributed by atoms with van der Waals surface area (Å²) >= 11 is 0. The molecule has 15 heteroatoms. The zero-order chi connectivity index (χ0) is 49.4. The Morgan fingerprint density at radius 3 is 1.49 bits per heavy atom. The van der Waals surface area contributed by atoms with Crippen LogP contribution < -0.4 is 75.9 Å². The third-order valence-electron chi connectivity index (χ3n) is 14.4. The van der Waals surface area contributed by atoms with E-state index >= 15 is 0 Å². The Balaban J connectivity index is 1.10. The maximum atomic E-state index is 7.22. The van der Waals surface area contributed by atoms with Gasteiger partial charge in [-0.05, 0) is 97.4 Å². The van der Waals surface area contributed by atoms with Crippen molar-refractivity contribution in [3.8, 4) is 44.5 Å². The van der Waals surface area contributed by atoms with Gasteiger partial charge < -0.3 is 9.32 Å². The van der Waals surface area contributed by atoms with E-state index in [-0.39, 0.29) is 98.7 Å². The van der Waals surface area contributed by atoms with Crippen LogP contribution >= 0.6 is 0 Å². The van der Waals surface area contributed by atoms with Crippen LogP contribution in [0.2, 0.25) is 0 Å². The van der Waals surface area contributed by atoms with Gasteiger partial charge in [0.2, 0.25) is 0 Å². The summed E-state index contributed by atoms with van der Waals surface area (Å²) in [7, 11) is 87.4. The highest BCUT2D eigenvalue weighted by Crippen LogP contribution is 2.50. The number of hydrogen-bond donors (Lipinski definition) is 0. The lowest BCUT2D eigenvalue weighted by Crippen LogP contribution is -2.57. The van der Waals surface area contributed by atoms with E-state index in [0.29, 0.717) is 11.4 Å². The van der Waals surface area contributed by atoms with E-state index in [0.717, 1.165) is 60.7 Å². The molecule has 0 spiro atoms. The number of hydrogen-bond acceptors (Lipinski definition) is 2. The van der Waals surface area contributed by atoms with Crippen LogP contribution in [0.25, 0.3) is 77.2 Å². The number of furan rings is 1. The van der Waals surface area contributed by atoms with E-state index in [9.17, 15) is 0 Å². The summed E-state index contributed by atoms with van der Waals surface area (Å²) in [5, 5.41) is 4.19. The Hall–Kier alpha value is -6.32. The Labute approximate surface area is 425 Å². The van der Waals surface area contributed by atoms with Gasteiger partial charge in [0.05, 0.1) is 0 Å². The van der Waals surface area contributed by atoms with Crippen LogP contribution in [-0.2, 0) is 5.41 Å². The molecule has 1 aromatic heterocycles. The van der Waals surface area contributed by atoms with Crippen LogP contribution in [-0.4, -0.2) is 102 Å². The number of fused-ring (bicyclic) bond motifs is 8. The third kappa shape index (κ3) is 6.59. The Bertz CT molecular complexity index is 3830. The van der Waals surface area contributed by atoms with Gasteiger partial charge in [-0.3, -0.25) is 0 Å². The molecule has 11 rings (SSSR count). The van der Waals surface area contributed by atoms with Gasteiger partial charge >= 0.3 is 0 Å². The molecule has 2 nitrogen and oxygen atoms in total. The van der Waals surface area contributed by atoms with Crippen molar-refractivity contribution in [2.75, 3.05) is 4.90 Å². The van der Waals surface area contributed by atoms with Crippen molar-refractivity contribution < 1.29 is 4.42 Å². The average molecular weight is 857 g/mol. The van der Waals surface area contributed by atoms with Gasteiger partial charge in [-0.2, -0.15) is 0 Å². The fraction of sp³-hybridized carbons (Fsp3) is 0.0545. The smallest absolute Gasteiger partial charge is 0.143 e. The molecule has 0 saturated heterocycles. The Morgan fingerprint density at radius 1 is 0.386 bits per heavy atom. The lowest BCUT2D eigenvalue weighted by atomic mass is 9.55. The minimum Gasteiger partial charge on any atom is -0.455 e. The van der Waals surface area contributed by atoms with Crippen molar-refractivity contribution in [3.05, 3.63) is 132 Å². The Morgan fingerprint density at radius 2 is 0.871 bits per heavy atom. The van der Waals surface area contributed by atoms with Crippen molar-refractivity contribution in [3.63, 3.8) is 0 Å². The normalized spacial score (nSPS) is 12.7. The molecule has 0 fully saturated rings. The lowest BCUT2D eigenvalue weighted by molar-refractivity contribution is 0.660. The fourth-order valence-corrected chi connectivity index (χ4v) is 10.6. The van der Waals surface area contributed by atoms with Crippen LogP contribution in [0.4, 0.5) is 17.1 Å². The van der Waals surface area contributed by atoms with Crippen molar-refractivity contribution in [2.24, 2.45) is 0 Å². The minimum absolute atomic E-state index is 0.00765. The van der Waals surface area contributed by atoms with Crippen LogP contribution in [0.15, 0.2) is 126 Å². The predicted octanol–water partition coefficient (Wildman–Crippen LogP) is -0.164. The zero-order valence-electron chi connectivity index (χ0n) is 38.4. The van der Waals surface area contributed by atoms with E-state index in [1.54, 1.807) is 0 Å². The van der Waals surface area contributed by atoms with Crippen molar-refractivity contribution >= 4 is 223 Å². The SMILES string of the molecule is [B]c1c([B])c([B])c(-c2c([B])c([B])c(-c3c([B])c([B])c(N(c4ccc(-c5cccc6oc7c8ccccc8ccc7c56)cc4)c4ccc5c(c4)C(C)(C)c4ccccc4-5)c([B])c3[B])c([B])c2[B])c([B])c1[B]. The van der Waals surface area contributed by atoms with Crippen LogP contribution in [0.1, 0.15) is 25.0 Å². The van der Waals surface area contributed by atoms with E-state index in [4.69, 9.17) is 106 Å². The second kappa shape index (κ2) is 16.7. The molecule has 296 valence electrons. The van der Waals surface area contributed by atoms with Crippen molar-refractivity contribution in [1.82, 2.24) is 0 Å². The highest BCUT2D eigenvalue weighted by Gasteiger charge is 2.36. The maximum Gasteiger partial charge on any atom is 0.143 e. The highest BCUT2D eigenvalue weighted by atomic mass is 16.3. The van der Waals surface area contributed by atoms with E-state index < -0.39 is 0 Å². The zero-order valence-corrected chi connectivity index (χ0v) is 38.4. The van der Waals surface area contributed by atoms with Crippen LogP contribution in [0, 0.1) is 0 Å². The first-order valence-electron chi connectivity index (χ1n) is 22.5. The average Bonchev–Trinajstić information content (AvgIpc) is 3.87. The van der Waals surface area contributed by atoms with E-state index in [2.05, 4.69) is 92.7 Å². The van der Waals surface area contributed by atoms with Gasteiger partial charge in [0.25, 0.3) is 0 Å². The highest BCUT2D eigenvalue weighted by molar-refractivity contribution is 6.72. The summed E-state index contributed by atoms with van der Waals surface area (Å²) in [5.41, 5.74) is 10.1. The molecule has 1 heterocycles. The third-order valence-corrected chi connectivity index (χ3v) is 14.4. The second-order valence-corrected chi connectivity index (χ2v) is 18.5. The summed E-state index contributed by atoms with van der Waals surface area (Å²) in [6, 6.07) is 41.5. The van der Waals surface area contributed by atoms with Crippen LogP contribution in [0.5, 0.6) is 0 Å². The summed E-state index contributed by atoms with van der Waals surface area (Å²) in [6.45, 7) is 4.43. The molecule has 0 N–H and O–H groups in total. The van der Waals surface area contributed by atoms with Crippen molar-refractivity contribution in [1.29, 1.82) is 0 Å². The molecular weight excluding hydrogens is 831 g/mol. The predicted molar refractivity (Wildman–Crippen MR) is 310 cm³/mol. The summed E-state index contributed by atoms with van der Waals surface area (Å²) < 4.78 is 6.54. The second-order valence-electron chi connectivity index (χ2n) is 18.5. The van der Waals surface area contributed by atoms with Gasteiger partial charge in [0.1, 0.15) is 113 Å². The van der Waals surface area contributed by atoms with E-state index in [1.807, 2.05) is 47.4 Å². The quantitative estimate of drug-likeness (QED) is 0.217. The molecule has 0 saturated carbocycles. The molecule has 10 aromatic rings. The summed E-state index contributed by atoms with van der Waals surface area (Å²) in [5.74, 6) is 0. The van der Waals surface area contributed by atoms with Gasteiger partial charge in [0, 0.05) is 38.6 Å². The first-order valence-corrected chi connectivity index (χ1v) is 22.5. The molecule has 1 aliphatic carbocycles. The molecule has 0 bridgehead atoms. The Kier molecular flexibility index (Phi) is 11.0. The molecule has 0 atom stereocenters. The molecule has 0 unspecified atom stereocenters.